The highest BCUT2D eigenvalue weighted by Crippen LogP contribution is 2.29. The number of rotatable bonds is 1. The van der Waals surface area contributed by atoms with Crippen LogP contribution in [0.1, 0.15) is 11.6 Å². The highest BCUT2D eigenvalue weighted by Gasteiger charge is 2.35. The molecule has 1 saturated heterocycles. The summed E-state index contributed by atoms with van der Waals surface area (Å²) in [5.74, 6) is -0.250. The molecule has 18 heavy (non-hydrogen) atoms. The van der Waals surface area contributed by atoms with Crippen molar-refractivity contribution >= 4 is 23.6 Å². The van der Waals surface area contributed by atoms with Crippen LogP contribution in [0.25, 0.3) is 0 Å². The van der Waals surface area contributed by atoms with Gasteiger partial charge in [-0.05, 0) is 6.07 Å². The summed E-state index contributed by atoms with van der Waals surface area (Å²) in [4.78, 5) is 25.0. The van der Waals surface area contributed by atoms with Crippen molar-refractivity contribution in [3.8, 4) is 0 Å². The van der Waals surface area contributed by atoms with Gasteiger partial charge in [-0.25, -0.2) is 4.79 Å². The van der Waals surface area contributed by atoms with E-state index in [1.54, 1.807) is 24.3 Å². The average Bonchev–Trinajstić information content (AvgIpc) is 2.39. The van der Waals surface area contributed by atoms with Gasteiger partial charge < -0.3 is 10.1 Å². The number of ether oxygens (including phenoxy) is 1. The fraction of sp³-hybridized carbons (Fsp3) is 0.333. The third kappa shape index (κ3) is 2.26. The second kappa shape index (κ2) is 5.27. The van der Waals surface area contributed by atoms with Gasteiger partial charge in [-0.2, -0.15) is 0 Å². The SMILES string of the molecule is COC(=O)N1CCNC(=O)C1c1ccccc1Cl. The van der Waals surface area contributed by atoms with Crippen molar-refractivity contribution in [2.75, 3.05) is 20.2 Å². The Morgan fingerprint density at radius 1 is 1.50 bits per heavy atom. The highest BCUT2D eigenvalue weighted by molar-refractivity contribution is 6.31. The van der Waals surface area contributed by atoms with Crippen molar-refractivity contribution in [2.45, 2.75) is 6.04 Å². The number of nitrogens with one attached hydrogen (secondary N) is 1. The summed E-state index contributed by atoms with van der Waals surface area (Å²) in [5, 5.41) is 3.17. The molecule has 2 rings (SSSR count). The Labute approximate surface area is 110 Å². The van der Waals surface area contributed by atoms with E-state index in [0.717, 1.165) is 0 Å². The van der Waals surface area contributed by atoms with Crippen LogP contribution in [0.15, 0.2) is 24.3 Å². The van der Waals surface area contributed by atoms with Crippen LogP contribution in [0, 0.1) is 0 Å². The molecule has 96 valence electrons. The predicted molar refractivity (Wildman–Crippen MR) is 66.3 cm³/mol. The minimum absolute atomic E-state index is 0.250. The molecule has 1 aliphatic rings. The first-order valence-corrected chi connectivity index (χ1v) is 5.89. The van der Waals surface area contributed by atoms with Gasteiger partial charge in [0.15, 0.2) is 0 Å². The van der Waals surface area contributed by atoms with Crippen LogP contribution in [-0.2, 0) is 9.53 Å². The van der Waals surface area contributed by atoms with E-state index in [-0.39, 0.29) is 5.91 Å². The standard InChI is InChI=1S/C12H13ClN2O3/c1-18-12(17)15-7-6-14-11(16)10(15)8-4-2-3-5-9(8)13/h2-5,10H,6-7H2,1H3,(H,14,16). The number of halogens is 1. The van der Waals surface area contributed by atoms with Gasteiger partial charge in [-0.1, -0.05) is 29.8 Å². The van der Waals surface area contributed by atoms with Gasteiger partial charge in [0.05, 0.1) is 7.11 Å². The number of carbonyl (C=O) groups excluding carboxylic acids is 2. The number of nitrogens with zero attached hydrogens (tertiary/aromatic N) is 1. The maximum absolute atomic E-state index is 12.0. The summed E-state index contributed by atoms with van der Waals surface area (Å²) >= 11 is 6.08. The average molecular weight is 269 g/mol. The van der Waals surface area contributed by atoms with Gasteiger partial charge in [0.25, 0.3) is 0 Å². The molecule has 1 unspecified atom stereocenters. The lowest BCUT2D eigenvalue weighted by molar-refractivity contribution is -0.128. The van der Waals surface area contributed by atoms with Gasteiger partial charge in [-0.15, -0.1) is 0 Å². The quantitative estimate of drug-likeness (QED) is 0.841. The van der Waals surface area contributed by atoms with Gasteiger partial charge in [-0.3, -0.25) is 9.69 Å². The molecule has 1 aliphatic heterocycles. The van der Waals surface area contributed by atoms with Crippen LogP contribution in [0.2, 0.25) is 5.02 Å². The third-order valence-corrected chi connectivity index (χ3v) is 3.17. The van der Waals surface area contributed by atoms with Crippen molar-refractivity contribution in [3.63, 3.8) is 0 Å². The summed E-state index contributed by atoms with van der Waals surface area (Å²) in [7, 11) is 1.29. The molecule has 1 heterocycles. The Hall–Kier alpha value is -1.75. The summed E-state index contributed by atoms with van der Waals surface area (Å²) in [5.41, 5.74) is 0.599. The summed E-state index contributed by atoms with van der Waals surface area (Å²) in [6, 6.07) is 6.23. The molecule has 6 heteroatoms. The van der Waals surface area contributed by atoms with Crippen molar-refractivity contribution in [1.29, 1.82) is 0 Å². The Kier molecular flexibility index (Phi) is 3.72. The Balaban J connectivity index is 2.39. The number of piperazine rings is 1. The molecule has 0 aliphatic carbocycles. The number of hydrogen-bond donors (Lipinski definition) is 1. The molecule has 1 atom stereocenters. The summed E-state index contributed by atoms with van der Waals surface area (Å²) in [6.07, 6.45) is -0.533. The van der Waals surface area contributed by atoms with E-state index in [1.807, 2.05) is 0 Å². The zero-order valence-electron chi connectivity index (χ0n) is 9.85. The van der Waals surface area contributed by atoms with Crippen molar-refractivity contribution in [3.05, 3.63) is 34.9 Å². The summed E-state index contributed by atoms with van der Waals surface area (Å²) in [6.45, 7) is 0.809. The minimum atomic E-state index is -0.736. The summed E-state index contributed by atoms with van der Waals surface area (Å²) < 4.78 is 4.69. The molecule has 1 fully saturated rings. The maximum Gasteiger partial charge on any atom is 0.410 e. The molecule has 1 aromatic rings. The van der Waals surface area contributed by atoms with Crippen LogP contribution in [-0.4, -0.2) is 37.1 Å². The predicted octanol–water partition coefficient (Wildman–Crippen LogP) is 1.58. The van der Waals surface area contributed by atoms with Crippen LogP contribution >= 0.6 is 11.6 Å². The molecule has 0 radical (unpaired) electrons. The second-order valence-electron chi connectivity index (χ2n) is 3.88. The Morgan fingerprint density at radius 2 is 2.22 bits per heavy atom. The zero-order valence-corrected chi connectivity index (χ0v) is 10.6. The fourth-order valence-corrected chi connectivity index (χ4v) is 2.23. The molecule has 0 saturated carbocycles. The second-order valence-corrected chi connectivity index (χ2v) is 4.29. The lowest BCUT2D eigenvalue weighted by Crippen LogP contribution is -2.52. The highest BCUT2D eigenvalue weighted by atomic mass is 35.5. The van der Waals surface area contributed by atoms with E-state index in [1.165, 1.54) is 12.0 Å². The lowest BCUT2D eigenvalue weighted by Gasteiger charge is -2.34. The molecule has 2 amide bonds. The van der Waals surface area contributed by atoms with Gasteiger partial charge in [0.1, 0.15) is 6.04 Å². The Morgan fingerprint density at radius 3 is 2.89 bits per heavy atom. The molecule has 0 aromatic heterocycles. The number of benzene rings is 1. The molecular weight excluding hydrogens is 256 g/mol. The Bertz CT molecular complexity index is 478. The largest absolute Gasteiger partial charge is 0.453 e. The first-order chi connectivity index (χ1) is 8.65. The molecule has 1 N–H and O–H groups in total. The van der Waals surface area contributed by atoms with Crippen molar-refractivity contribution in [2.24, 2.45) is 0 Å². The normalized spacial score (nSPS) is 19.3. The molecular formula is C12H13ClN2O3. The third-order valence-electron chi connectivity index (χ3n) is 2.82. The van der Waals surface area contributed by atoms with Crippen LogP contribution in [0.4, 0.5) is 4.79 Å². The molecule has 0 bridgehead atoms. The molecule has 5 nitrogen and oxygen atoms in total. The van der Waals surface area contributed by atoms with Crippen LogP contribution in [0.3, 0.4) is 0 Å². The number of methoxy groups -OCH3 is 1. The van der Waals surface area contributed by atoms with Gasteiger partial charge in [0.2, 0.25) is 5.91 Å². The smallest absolute Gasteiger partial charge is 0.410 e. The molecule has 0 spiro atoms. The van der Waals surface area contributed by atoms with Crippen molar-refractivity contribution < 1.29 is 14.3 Å². The van der Waals surface area contributed by atoms with E-state index < -0.39 is 12.1 Å². The van der Waals surface area contributed by atoms with Crippen LogP contribution < -0.4 is 5.32 Å². The maximum atomic E-state index is 12.0. The topological polar surface area (TPSA) is 58.6 Å². The van der Waals surface area contributed by atoms with E-state index in [2.05, 4.69) is 5.32 Å². The van der Waals surface area contributed by atoms with Crippen LogP contribution in [0.5, 0.6) is 0 Å². The molecule has 1 aromatic carbocycles. The monoisotopic (exact) mass is 268 g/mol. The first kappa shape index (κ1) is 12.7. The number of amides is 2. The minimum Gasteiger partial charge on any atom is -0.453 e. The number of hydrogen-bond acceptors (Lipinski definition) is 3. The van der Waals surface area contributed by atoms with E-state index in [0.29, 0.717) is 23.7 Å². The van der Waals surface area contributed by atoms with E-state index in [9.17, 15) is 9.59 Å². The lowest BCUT2D eigenvalue weighted by atomic mass is 10.0. The van der Waals surface area contributed by atoms with E-state index >= 15 is 0 Å². The zero-order chi connectivity index (χ0) is 13.1. The van der Waals surface area contributed by atoms with E-state index in [4.69, 9.17) is 16.3 Å². The van der Waals surface area contributed by atoms with Gasteiger partial charge >= 0.3 is 6.09 Å². The number of carbonyl (C=O) groups is 2. The fourth-order valence-electron chi connectivity index (χ4n) is 1.99. The first-order valence-electron chi connectivity index (χ1n) is 5.52. The van der Waals surface area contributed by atoms with Crippen molar-refractivity contribution in [1.82, 2.24) is 10.2 Å². The van der Waals surface area contributed by atoms with Gasteiger partial charge in [0, 0.05) is 23.7 Å².